The highest BCUT2D eigenvalue weighted by Gasteiger charge is 2.22. The van der Waals surface area contributed by atoms with E-state index in [2.05, 4.69) is 11.8 Å². The molecule has 3 rings (SSSR count). The van der Waals surface area contributed by atoms with Crippen LogP contribution < -0.4 is 4.90 Å². The van der Waals surface area contributed by atoms with Gasteiger partial charge in [0.25, 0.3) is 0 Å². The van der Waals surface area contributed by atoms with Crippen LogP contribution in [0.15, 0.2) is 36.4 Å². The number of anilines is 1. The van der Waals surface area contributed by atoms with Crippen LogP contribution in [-0.2, 0) is 10.5 Å². The van der Waals surface area contributed by atoms with Crippen molar-refractivity contribution in [2.24, 2.45) is 0 Å². The van der Waals surface area contributed by atoms with Gasteiger partial charge in [0.05, 0.1) is 15.8 Å². The second kappa shape index (κ2) is 9.42. The fourth-order valence-corrected chi connectivity index (χ4v) is 4.46. The number of carbonyl (C=O) groups excluding carboxylic acids is 1. The van der Waals surface area contributed by atoms with Gasteiger partial charge in [-0.2, -0.15) is 0 Å². The molecular weight excluding hydrogens is 423 g/mol. The first-order valence-corrected chi connectivity index (χ1v) is 11.0. The molecule has 1 fully saturated rings. The second-order valence-corrected chi connectivity index (χ2v) is 8.78. The van der Waals surface area contributed by atoms with E-state index >= 15 is 0 Å². The first-order chi connectivity index (χ1) is 12.9. The van der Waals surface area contributed by atoms with Crippen molar-refractivity contribution in [1.82, 2.24) is 4.90 Å². The van der Waals surface area contributed by atoms with Gasteiger partial charge < -0.3 is 9.80 Å². The lowest BCUT2D eigenvalue weighted by molar-refractivity contribution is -0.128. The van der Waals surface area contributed by atoms with Crippen LogP contribution in [0.4, 0.5) is 5.69 Å². The van der Waals surface area contributed by atoms with E-state index in [1.165, 1.54) is 5.56 Å². The van der Waals surface area contributed by atoms with Crippen LogP contribution in [0.5, 0.6) is 0 Å². The molecule has 1 heterocycles. The lowest BCUT2D eigenvalue weighted by Crippen LogP contribution is -2.49. The molecule has 7 heteroatoms. The highest BCUT2D eigenvalue weighted by Crippen LogP contribution is 2.26. The Morgan fingerprint density at radius 2 is 1.74 bits per heavy atom. The number of amides is 1. The van der Waals surface area contributed by atoms with E-state index in [-0.39, 0.29) is 5.91 Å². The Labute approximate surface area is 179 Å². The molecule has 0 aliphatic carbocycles. The summed E-state index contributed by atoms with van der Waals surface area (Å²) in [7, 11) is 0. The summed E-state index contributed by atoms with van der Waals surface area (Å²) in [5.41, 5.74) is 3.43. The molecule has 0 aromatic heterocycles. The van der Waals surface area contributed by atoms with Crippen LogP contribution in [0.3, 0.4) is 0 Å². The number of nitrogens with zero attached hydrogens (tertiary/aromatic N) is 2. The number of aryl methyl sites for hydroxylation is 1. The summed E-state index contributed by atoms with van der Waals surface area (Å²) in [6.45, 7) is 5.20. The summed E-state index contributed by atoms with van der Waals surface area (Å²) >= 11 is 19.7. The van der Waals surface area contributed by atoms with Gasteiger partial charge in [-0.25, -0.2) is 0 Å². The van der Waals surface area contributed by atoms with Crippen LogP contribution in [0.1, 0.15) is 11.1 Å². The van der Waals surface area contributed by atoms with Crippen LogP contribution in [0, 0.1) is 6.92 Å². The molecule has 0 atom stereocenters. The minimum atomic E-state index is 0.183. The average Bonchev–Trinajstić information content (AvgIpc) is 2.66. The fourth-order valence-electron chi connectivity index (χ4n) is 3.10. The summed E-state index contributed by atoms with van der Waals surface area (Å²) in [5, 5.41) is 1.84. The third-order valence-corrected chi connectivity index (χ3v) is 6.59. The van der Waals surface area contributed by atoms with Crippen molar-refractivity contribution < 1.29 is 4.79 Å². The van der Waals surface area contributed by atoms with Crippen LogP contribution >= 0.6 is 46.6 Å². The molecule has 27 heavy (non-hydrogen) atoms. The average molecular weight is 444 g/mol. The summed E-state index contributed by atoms with van der Waals surface area (Å²) in [4.78, 5) is 16.7. The van der Waals surface area contributed by atoms with E-state index in [4.69, 9.17) is 34.8 Å². The zero-order valence-electron chi connectivity index (χ0n) is 15.1. The lowest BCUT2D eigenvalue weighted by atomic mass is 10.1. The molecule has 144 valence electrons. The molecule has 1 saturated heterocycles. The van der Waals surface area contributed by atoms with E-state index in [0.717, 1.165) is 48.2 Å². The zero-order valence-corrected chi connectivity index (χ0v) is 18.1. The maximum Gasteiger partial charge on any atom is 0.232 e. The Kier molecular flexibility index (Phi) is 7.21. The Balaban J connectivity index is 1.47. The number of benzene rings is 2. The topological polar surface area (TPSA) is 23.6 Å². The summed E-state index contributed by atoms with van der Waals surface area (Å²) < 4.78 is 0. The fraction of sp³-hybridized carbons (Fsp3) is 0.350. The molecule has 1 aliphatic rings. The minimum absolute atomic E-state index is 0.183. The number of piperazine rings is 1. The van der Waals surface area contributed by atoms with E-state index in [9.17, 15) is 4.79 Å². The molecular formula is C20H21Cl3N2OS. The Morgan fingerprint density at radius 3 is 2.44 bits per heavy atom. The number of halogens is 3. The van der Waals surface area contributed by atoms with Gasteiger partial charge in [0.2, 0.25) is 5.91 Å². The molecule has 0 unspecified atom stereocenters. The van der Waals surface area contributed by atoms with Gasteiger partial charge in [-0.15, -0.1) is 11.8 Å². The number of carbonyl (C=O) groups is 1. The second-order valence-electron chi connectivity index (χ2n) is 6.54. The standard InChI is InChI=1S/C20H21Cl3N2OS/c1-14-2-4-16(21)11-19(14)24-6-8-25(9-7-24)20(26)13-27-12-15-3-5-17(22)18(23)10-15/h2-5,10-11H,6-9,12-13H2,1H3. The molecule has 0 radical (unpaired) electrons. The van der Waals surface area contributed by atoms with Crippen molar-refractivity contribution >= 4 is 58.2 Å². The van der Waals surface area contributed by atoms with Crippen molar-refractivity contribution in [3.8, 4) is 0 Å². The van der Waals surface area contributed by atoms with Crippen molar-refractivity contribution in [1.29, 1.82) is 0 Å². The van der Waals surface area contributed by atoms with Gasteiger partial charge in [-0.1, -0.05) is 46.9 Å². The smallest absolute Gasteiger partial charge is 0.232 e. The van der Waals surface area contributed by atoms with Crippen molar-refractivity contribution in [2.75, 3.05) is 36.8 Å². The highest BCUT2D eigenvalue weighted by molar-refractivity contribution is 7.99. The summed E-state index contributed by atoms with van der Waals surface area (Å²) in [6.07, 6.45) is 0. The van der Waals surface area contributed by atoms with Gasteiger partial charge in [-0.3, -0.25) is 4.79 Å². The molecule has 0 N–H and O–H groups in total. The summed E-state index contributed by atoms with van der Waals surface area (Å²) in [6, 6.07) is 11.5. The zero-order chi connectivity index (χ0) is 19.4. The molecule has 1 aliphatic heterocycles. The van der Waals surface area contributed by atoms with Crippen LogP contribution in [0.2, 0.25) is 15.1 Å². The van der Waals surface area contributed by atoms with Crippen molar-refractivity contribution in [3.05, 3.63) is 62.6 Å². The Morgan fingerprint density at radius 1 is 1.00 bits per heavy atom. The first-order valence-electron chi connectivity index (χ1n) is 8.74. The predicted molar refractivity (Wildman–Crippen MR) is 118 cm³/mol. The first kappa shape index (κ1) is 20.7. The van der Waals surface area contributed by atoms with E-state index < -0.39 is 0 Å². The molecule has 0 bridgehead atoms. The Hall–Kier alpha value is -1.07. The van der Waals surface area contributed by atoms with Crippen LogP contribution in [0.25, 0.3) is 0 Å². The maximum absolute atomic E-state index is 12.5. The number of hydrogen-bond donors (Lipinski definition) is 0. The van der Waals surface area contributed by atoms with E-state index in [1.807, 2.05) is 35.2 Å². The van der Waals surface area contributed by atoms with Crippen molar-refractivity contribution in [2.45, 2.75) is 12.7 Å². The molecule has 2 aromatic rings. The normalized spacial score (nSPS) is 14.5. The quantitative estimate of drug-likeness (QED) is 0.606. The molecule has 3 nitrogen and oxygen atoms in total. The number of rotatable bonds is 5. The number of hydrogen-bond acceptors (Lipinski definition) is 3. The van der Waals surface area contributed by atoms with Crippen LogP contribution in [-0.4, -0.2) is 42.7 Å². The SMILES string of the molecule is Cc1ccc(Cl)cc1N1CCN(C(=O)CSCc2ccc(Cl)c(Cl)c2)CC1. The van der Waals surface area contributed by atoms with Gasteiger partial charge in [0.1, 0.15) is 0 Å². The molecule has 0 spiro atoms. The van der Waals surface area contributed by atoms with Gasteiger partial charge in [0.15, 0.2) is 0 Å². The van der Waals surface area contributed by atoms with Gasteiger partial charge >= 0.3 is 0 Å². The minimum Gasteiger partial charge on any atom is -0.368 e. The molecule has 1 amide bonds. The predicted octanol–water partition coefficient (Wildman–Crippen LogP) is 5.54. The van der Waals surface area contributed by atoms with E-state index in [1.54, 1.807) is 17.8 Å². The third-order valence-electron chi connectivity index (χ3n) is 4.62. The monoisotopic (exact) mass is 442 g/mol. The largest absolute Gasteiger partial charge is 0.368 e. The van der Waals surface area contributed by atoms with Crippen molar-refractivity contribution in [3.63, 3.8) is 0 Å². The highest BCUT2D eigenvalue weighted by atomic mass is 35.5. The molecule has 2 aromatic carbocycles. The third kappa shape index (κ3) is 5.47. The lowest BCUT2D eigenvalue weighted by Gasteiger charge is -2.37. The van der Waals surface area contributed by atoms with Gasteiger partial charge in [-0.05, 0) is 42.3 Å². The van der Waals surface area contributed by atoms with Gasteiger partial charge in [0, 0.05) is 42.6 Å². The molecule has 0 saturated carbocycles. The summed E-state index contributed by atoms with van der Waals surface area (Å²) in [5.74, 6) is 1.39. The van der Waals surface area contributed by atoms with E-state index in [0.29, 0.717) is 15.8 Å². The Bertz CT molecular complexity index is 823. The maximum atomic E-state index is 12.5. The number of thioether (sulfide) groups is 1.